The molecule has 0 aliphatic carbocycles. The molecule has 112 valence electrons. The van der Waals surface area contributed by atoms with Crippen LogP contribution in [-0.2, 0) is 0 Å². The van der Waals surface area contributed by atoms with Crippen LogP contribution in [0, 0.1) is 5.82 Å². The zero-order valence-corrected chi connectivity index (χ0v) is 12.8. The summed E-state index contributed by atoms with van der Waals surface area (Å²) in [6.07, 6.45) is 1.54. The summed E-state index contributed by atoms with van der Waals surface area (Å²) in [6.45, 7) is 6.24. The monoisotopic (exact) mass is 288 g/mol. The van der Waals surface area contributed by atoms with E-state index in [9.17, 15) is 4.39 Å². The molecule has 1 unspecified atom stereocenters. The van der Waals surface area contributed by atoms with E-state index in [0.29, 0.717) is 0 Å². The fourth-order valence-electron chi connectivity index (χ4n) is 2.30. The van der Waals surface area contributed by atoms with E-state index in [2.05, 4.69) is 34.4 Å². The minimum Gasteiger partial charge on any atom is -0.373 e. The van der Waals surface area contributed by atoms with Gasteiger partial charge in [0.05, 0.1) is 0 Å². The van der Waals surface area contributed by atoms with Crippen molar-refractivity contribution in [2.75, 3.05) is 17.7 Å². The Kier molecular flexibility index (Phi) is 4.73. The molecule has 0 bridgehead atoms. The first-order valence-electron chi connectivity index (χ1n) is 7.07. The summed E-state index contributed by atoms with van der Waals surface area (Å²) in [5, 5.41) is 6.49. The number of aromatic nitrogens is 2. The van der Waals surface area contributed by atoms with E-state index in [1.165, 1.54) is 18.5 Å². The summed E-state index contributed by atoms with van der Waals surface area (Å²) in [7, 11) is 1.85. The van der Waals surface area contributed by atoms with Crippen molar-refractivity contribution < 1.29 is 4.39 Å². The number of nitrogens with zero attached hydrogens (tertiary/aromatic N) is 2. The minimum absolute atomic E-state index is 0.0303. The maximum absolute atomic E-state index is 13.0. The van der Waals surface area contributed by atoms with Gasteiger partial charge in [0.15, 0.2) is 0 Å². The number of hydrogen-bond donors (Lipinski definition) is 2. The lowest BCUT2D eigenvalue weighted by Gasteiger charge is -2.20. The molecular formula is C16H21FN4. The molecule has 0 radical (unpaired) electrons. The second-order valence-electron chi connectivity index (χ2n) is 5.31. The molecule has 4 nitrogen and oxygen atoms in total. The van der Waals surface area contributed by atoms with E-state index in [0.717, 1.165) is 22.8 Å². The van der Waals surface area contributed by atoms with E-state index < -0.39 is 0 Å². The molecule has 0 saturated heterocycles. The fourth-order valence-corrected chi connectivity index (χ4v) is 2.30. The Balaban J connectivity index is 2.28. The normalized spacial score (nSPS) is 12.3. The van der Waals surface area contributed by atoms with Crippen molar-refractivity contribution in [1.29, 1.82) is 0 Å². The van der Waals surface area contributed by atoms with Crippen molar-refractivity contribution in [3.05, 3.63) is 47.5 Å². The molecule has 1 aromatic carbocycles. The molecule has 0 fully saturated rings. The van der Waals surface area contributed by atoms with Crippen LogP contribution in [0.25, 0.3) is 0 Å². The molecule has 2 rings (SSSR count). The highest BCUT2D eigenvalue weighted by Crippen LogP contribution is 2.30. The van der Waals surface area contributed by atoms with Crippen LogP contribution in [0.5, 0.6) is 0 Å². The Bertz CT molecular complexity index is 596. The number of halogens is 1. The van der Waals surface area contributed by atoms with Gasteiger partial charge in [0, 0.05) is 18.7 Å². The van der Waals surface area contributed by atoms with Crippen LogP contribution in [-0.4, -0.2) is 17.0 Å². The molecule has 0 saturated carbocycles. The first kappa shape index (κ1) is 15.2. The van der Waals surface area contributed by atoms with Crippen molar-refractivity contribution in [2.24, 2.45) is 0 Å². The van der Waals surface area contributed by atoms with Crippen LogP contribution in [0.3, 0.4) is 0 Å². The van der Waals surface area contributed by atoms with E-state index in [-0.39, 0.29) is 17.8 Å². The quantitative estimate of drug-likeness (QED) is 0.874. The summed E-state index contributed by atoms with van der Waals surface area (Å²) in [5.74, 6) is 1.69. The van der Waals surface area contributed by atoms with Gasteiger partial charge in [0.25, 0.3) is 0 Å². The third-order valence-electron chi connectivity index (χ3n) is 3.42. The zero-order valence-electron chi connectivity index (χ0n) is 12.8. The molecule has 1 aromatic heterocycles. The molecule has 0 aliphatic rings. The summed E-state index contributed by atoms with van der Waals surface area (Å²) >= 11 is 0. The average molecular weight is 288 g/mol. The fraction of sp³-hybridized carbons (Fsp3) is 0.375. The van der Waals surface area contributed by atoms with Gasteiger partial charge < -0.3 is 10.6 Å². The van der Waals surface area contributed by atoms with Crippen LogP contribution < -0.4 is 10.6 Å². The molecule has 5 heteroatoms. The average Bonchev–Trinajstić information content (AvgIpc) is 2.47. The topological polar surface area (TPSA) is 49.8 Å². The molecule has 21 heavy (non-hydrogen) atoms. The van der Waals surface area contributed by atoms with Crippen molar-refractivity contribution in [1.82, 2.24) is 9.97 Å². The van der Waals surface area contributed by atoms with Crippen molar-refractivity contribution in [2.45, 2.75) is 32.7 Å². The third-order valence-corrected chi connectivity index (χ3v) is 3.42. The van der Waals surface area contributed by atoms with Gasteiger partial charge in [-0.1, -0.05) is 26.0 Å². The molecule has 2 aromatic rings. The first-order valence-corrected chi connectivity index (χ1v) is 7.07. The molecule has 0 spiro atoms. The third kappa shape index (κ3) is 3.48. The van der Waals surface area contributed by atoms with Crippen molar-refractivity contribution >= 4 is 11.6 Å². The number of anilines is 2. The van der Waals surface area contributed by atoms with Crippen LogP contribution in [0.2, 0.25) is 0 Å². The summed E-state index contributed by atoms with van der Waals surface area (Å²) < 4.78 is 13.0. The predicted octanol–water partition coefficient (Wildman–Crippen LogP) is 3.95. The Hall–Kier alpha value is -2.17. The van der Waals surface area contributed by atoms with Crippen molar-refractivity contribution in [3.63, 3.8) is 0 Å². The smallest absolute Gasteiger partial charge is 0.135 e. The van der Waals surface area contributed by atoms with Gasteiger partial charge in [0.1, 0.15) is 23.8 Å². The number of nitrogens with one attached hydrogen (secondary N) is 2. The maximum atomic E-state index is 13.0. The number of hydrogen-bond acceptors (Lipinski definition) is 4. The molecular weight excluding hydrogens is 267 g/mol. The second-order valence-corrected chi connectivity index (χ2v) is 5.31. The lowest BCUT2D eigenvalue weighted by atomic mass is 10.0. The number of benzene rings is 1. The number of rotatable bonds is 5. The van der Waals surface area contributed by atoms with Gasteiger partial charge in [-0.2, -0.15) is 0 Å². The molecule has 1 atom stereocenters. The first-order chi connectivity index (χ1) is 10.0. The van der Waals surface area contributed by atoms with E-state index in [1.807, 2.05) is 14.0 Å². The second kappa shape index (κ2) is 6.52. The van der Waals surface area contributed by atoms with Gasteiger partial charge in [-0.05, 0) is 30.5 Å². The van der Waals surface area contributed by atoms with Crippen LogP contribution >= 0.6 is 0 Å². The Morgan fingerprint density at radius 3 is 2.19 bits per heavy atom. The van der Waals surface area contributed by atoms with Crippen LogP contribution in [0.4, 0.5) is 16.0 Å². The highest BCUT2D eigenvalue weighted by molar-refractivity contribution is 5.59. The van der Waals surface area contributed by atoms with Gasteiger partial charge in [-0.3, -0.25) is 0 Å². The Morgan fingerprint density at radius 1 is 1.00 bits per heavy atom. The Morgan fingerprint density at radius 2 is 1.62 bits per heavy atom. The molecule has 0 aliphatic heterocycles. The van der Waals surface area contributed by atoms with E-state index in [1.54, 1.807) is 12.1 Å². The lowest BCUT2D eigenvalue weighted by molar-refractivity contribution is 0.626. The largest absolute Gasteiger partial charge is 0.373 e. The van der Waals surface area contributed by atoms with Gasteiger partial charge >= 0.3 is 0 Å². The highest BCUT2D eigenvalue weighted by atomic mass is 19.1. The van der Waals surface area contributed by atoms with Crippen molar-refractivity contribution in [3.8, 4) is 0 Å². The lowest BCUT2D eigenvalue weighted by Crippen LogP contribution is -2.13. The predicted molar refractivity (Wildman–Crippen MR) is 84.1 cm³/mol. The highest BCUT2D eigenvalue weighted by Gasteiger charge is 2.16. The van der Waals surface area contributed by atoms with Gasteiger partial charge in [0.2, 0.25) is 0 Å². The minimum atomic E-state index is -0.228. The standard InChI is InChI=1S/C16H21FN4/c1-10(2)14-15(18-4)19-9-20-16(14)21-11(3)12-5-7-13(17)8-6-12/h5-11H,1-4H3,(H2,18,19,20,21). The SMILES string of the molecule is CNc1ncnc(NC(C)c2ccc(F)cc2)c1C(C)C. The Labute approximate surface area is 124 Å². The van der Waals surface area contributed by atoms with Gasteiger partial charge in [-0.15, -0.1) is 0 Å². The van der Waals surface area contributed by atoms with Crippen LogP contribution in [0.15, 0.2) is 30.6 Å². The molecule has 0 amide bonds. The maximum Gasteiger partial charge on any atom is 0.135 e. The summed E-state index contributed by atoms with van der Waals surface area (Å²) in [4.78, 5) is 8.61. The summed E-state index contributed by atoms with van der Waals surface area (Å²) in [5.41, 5.74) is 2.06. The van der Waals surface area contributed by atoms with Crippen LogP contribution in [0.1, 0.15) is 43.9 Å². The van der Waals surface area contributed by atoms with E-state index >= 15 is 0 Å². The zero-order chi connectivity index (χ0) is 15.4. The van der Waals surface area contributed by atoms with E-state index in [4.69, 9.17) is 0 Å². The van der Waals surface area contributed by atoms with Gasteiger partial charge in [-0.25, -0.2) is 14.4 Å². The molecule has 1 heterocycles. The molecule has 2 N–H and O–H groups in total. The summed E-state index contributed by atoms with van der Waals surface area (Å²) in [6, 6.07) is 6.53.